The first-order chi connectivity index (χ1) is 11.7. The van der Waals surface area contributed by atoms with Crippen LogP contribution in [0.2, 0.25) is 5.02 Å². The average Bonchev–Trinajstić information content (AvgIpc) is 2.90. The Bertz CT molecular complexity index is 767. The number of hydrogen-bond donors (Lipinski definition) is 0. The van der Waals surface area contributed by atoms with E-state index in [0.29, 0.717) is 19.4 Å². The van der Waals surface area contributed by atoms with Crippen molar-refractivity contribution in [2.75, 3.05) is 24.7 Å². The fraction of sp³-hybridized carbons (Fsp3) is 0.533. The summed E-state index contributed by atoms with van der Waals surface area (Å²) in [6, 6.07) is 3.37. The Kier molecular flexibility index (Phi) is 6.23. The highest BCUT2D eigenvalue weighted by Crippen LogP contribution is 2.28. The van der Waals surface area contributed by atoms with Gasteiger partial charge in [0.15, 0.2) is 16.4 Å². The standard InChI is InChI=1S/C15H19ClN2O6S/c1-2-6-17(12-5-7-25(22,23)10-12)15(19)9-24-14-4-3-11(18(20)21)8-13(14)16/h3-4,8,12H,2,5-7,9-10H2,1H3/t12-/m0/s1. The zero-order valence-electron chi connectivity index (χ0n) is 13.7. The predicted molar refractivity (Wildman–Crippen MR) is 92.7 cm³/mol. The van der Waals surface area contributed by atoms with Crippen LogP contribution >= 0.6 is 11.6 Å². The summed E-state index contributed by atoms with van der Waals surface area (Å²) in [5.41, 5.74) is -0.174. The predicted octanol–water partition coefficient (Wildman–Crippen LogP) is 2.05. The van der Waals surface area contributed by atoms with E-state index in [9.17, 15) is 23.3 Å². The number of carbonyl (C=O) groups excluding carboxylic acids is 1. The van der Waals surface area contributed by atoms with Crippen molar-refractivity contribution in [3.63, 3.8) is 0 Å². The van der Waals surface area contributed by atoms with Crippen molar-refractivity contribution in [3.05, 3.63) is 33.3 Å². The molecule has 1 heterocycles. The molecule has 138 valence electrons. The third kappa shape index (κ3) is 5.05. The molecule has 1 amide bonds. The topological polar surface area (TPSA) is 107 Å². The van der Waals surface area contributed by atoms with Gasteiger partial charge in [0.25, 0.3) is 11.6 Å². The number of nitrogens with zero attached hydrogens (tertiary/aromatic N) is 2. The summed E-state index contributed by atoms with van der Waals surface area (Å²) < 4.78 is 28.7. The van der Waals surface area contributed by atoms with Gasteiger partial charge >= 0.3 is 0 Å². The maximum atomic E-state index is 12.4. The lowest BCUT2D eigenvalue weighted by Crippen LogP contribution is -2.44. The number of rotatable bonds is 7. The second-order valence-corrected chi connectivity index (χ2v) is 8.44. The number of halogens is 1. The first-order valence-electron chi connectivity index (χ1n) is 7.80. The molecule has 0 N–H and O–H groups in total. The quantitative estimate of drug-likeness (QED) is 0.521. The summed E-state index contributed by atoms with van der Waals surface area (Å²) in [6.45, 7) is 2.03. The van der Waals surface area contributed by atoms with Crippen molar-refractivity contribution >= 4 is 33.0 Å². The molecule has 0 saturated carbocycles. The molecule has 0 aromatic heterocycles. The molecule has 0 unspecified atom stereocenters. The fourth-order valence-corrected chi connectivity index (χ4v) is 4.68. The summed E-state index contributed by atoms with van der Waals surface area (Å²) in [4.78, 5) is 24.1. The summed E-state index contributed by atoms with van der Waals surface area (Å²) in [5, 5.41) is 10.7. The van der Waals surface area contributed by atoms with Gasteiger partial charge in [0.05, 0.1) is 21.5 Å². The molecular weight excluding hydrogens is 372 g/mol. The Morgan fingerprint density at radius 1 is 1.48 bits per heavy atom. The Morgan fingerprint density at radius 2 is 2.20 bits per heavy atom. The molecule has 0 aliphatic carbocycles. The highest BCUT2D eigenvalue weighted by molar-refractivity contribution is 7.91. The fourth-order valence-electron chi connectivity index (χ4n) is 2.72. The number of carbonyl (C=O) groups is 1. The van der Waals surface area contributed by atoms with Crippen molar-refractivity contribution in [2.24, 2.45) is 0 Å². The number of benzene rings is 1. The summed E-state index contributed by atoms with van der Waals surface area (Å²) in [6.07, 6.45) is 1.12. The van der Waals surface area contributed by atoms with E-state index in [2.05, 4.69) is 0 Å². The first kappa shape index (κ1) is 19.5. The largest absolute Gasteiger partial charge is 0.482 e. The minimum absolute atomic E-state index is 0.0307. The van der Waals surface area contributed by atoms with Crippen LogP contribution in [0.4, 0.5) is 5.69 Å². The monoisotopic (exact) mass is 390 g/mol. The summed E-state index contributed by atoms with van der Waals surface area (Å²) in [5.74, 6) is -0.119. The maximum absolute atomic E-state index is 12.4. The zero-order chi connectivity index (χ0) is 18.6. The van der Waals surface area contributed by atoms with Crippen molar-refractivity contribution < 1.29 is 22.9 Å². The zero-order valence-corrected chi connectivity index (χ0v) is 15.3. The highest BCUT2D eigenvalue weighted by atomic mass is 35.5. The van der Waals surface area contributed by atoms with Crippen LogP contribution in [0.25, 0.3) is 0 Å². The summed E-state index contributed by atoms with van der Waals surface area (Å²) in [7, 11) is -3.10. The van der Waals surface area contributed by atoms with Crippen molar-refractivity contribution in [1.29, 1.82) is 0 Å². The molecule has 2 rings (SSSR count). The molecule has 1 saturated heterocycles. The van der Waals surface area contributed by atoms with E-state index in [0.717, 1.165) is 6.07 Å². The molecule has 1 fully saturated rings. The van der Waals surface area contributed by atoms with Gasteiger partial charge in [-0.1, -0.05) is 18.5 Å². The van der Waals surface area contributed by atoms with E-state index in [1.165, 1.54) is 17.0 Å². The van der Waals surface area contributed by atoms with Crippen LogP contribution in [0.15, 0.2) is 18.2 Å². The van der Waals surface area contributed by atoms with Crippen molar-refractivity contribution in [1.82, 2.24) is 4.90 Å². The van der Waals surface area contributed by atoms with Gasteiger partial charge in [0, 0.05) is 24.7 Å². The number of ether oxygens (including phenoxy) is 1. The molecular formula is C15H19ClN2O6S. The van der Waals surface area contributed by atoms with Crippen LogP contribution in [-0.4, -0.2) is 54.8 Å². The Balaban J connectivity index is 2.03. The van der Waals surface area contributed by atoms with Gasteiger partial charge in [-0.15, -0.1) is 0 Å². The van der Waals surface area contributed by atoms with E-state index >= 15 is 0 Å². The molecule has 1 aromatic carbocycles. The maximum Gasteiger partial charge on any atom is 0.271 e. The highest BCUT2D eigenvalue weighted by Gasteiger charge is 2.34. The molecule has 0 radical (unpaired) electrons. The van der Waals surface area contributed by atoms with Crippen LogP contribution in [0.5, 0.6) is 5.75 Å². The Hall–Kier alpha value is -1.87. The first-order valence-corrected chi connectivity index (χ1v) is 10.00. The van der Waals surface area contributed by atoms with Gasteiger partial charge in [0.1, 0.15) is 5.75 Å². The molecule has 0 bridgehead atoms. The SMILES string of the molecule is CCCN(C(=O)COc1ccc([N+](=O)[O-])cc1Cl)[C@H]1CCS(=O)(=O)C1. The normalized spacial score (nSPS) is 18.7. The van der Waals surface area contributed by atoms with Crippen LogP contribution in [0, 0.1) is 10.1 Å². The number of hydrogen-bond acceptors (Lipinski definition) is 6. The van der Waals surface area contributed by atoms with Crippen LogP contribution < -0.4 is 4.74 Å². The Morgan fingerprint density at radius 3 is 2.72 bits per heavy atom. The van der Waals surface area contributed by atoms with E-state index in [1.807, 2.05) is 6.92 Å². The van der Waals surface area contributed by atoms with E-state index in [1.54, 1.807) is 0 Å². The van der Waals surface area contributed by atoms with Crippen molar-refractivity contribution in [2.45, 2.75) is 25.8 Å². The number of nitro groups is 1. The molecule has 1 atom stereocenters. The minimum Gasteiger partial charge on any atom is -0.482 e. The van der Waals surface area contributed by atoms with E-state index in [-0.39, 0.29) is 46.5 Å². The lowest BCUT2D eigenvalue weighted by atomic mass is 10.2. The van der Waals surface area contributed by atoms with Crippen LogP contribution in [-0.2, 0) is 14.6 Å². The molecule has 1 aromatic rings. The van der Waals surface area contributed by atoms with E-state index in [4.69, 9.17) is 16.3 Å². The van der Waals surface area contributed by atoms with Gasteiger partial charge in [-0.2, -0.15) is 0 Å². The van der Waals surface area contributed by atoms with Gasteiger partial charge in [0.2, 0.25) is 0 Å². The molecule has 1 aliphatic heterocycles. The molecule has 1 aliphatic rings. The molecule has 0 spiro atoms. The second kappa shape index (κ2) is 8.01. The average molecular weight is 391 g/mol. The van der Waals surface area contributed by atoms with Gasteiger partial charge in [-0.25, -0.2) is 8.42 Å². The molecule has 10 heteroatoms. The Labute approximate surface area is 150 Å². The third-order valence-electron chi connectivity index (χ3n) is 3.91. The number of sulfone groups is 1. The smallest absolute Gasteiger partial charge is 0.271 e. The van der Waals surface area contributed by atoms with Crippen LogP contribution in [0.3, 0.4) is 0 Å². The molecule has 8 nitrogen and oxygen atoms in total. The summed E-state index contributed by atoms with van der Waals surface area (Å²) >= 11 is 5.93. The van der Waals surface area contributed by atoms with Crippen LogP contribution in [0.1, 0.15) is 19.8 Å². The second-order valence-electron chi connectivity index (χ2n) is 5.80. The van der Waals surface area contributed by atoms with Gasteiger partial charge < -0.3 is 9.64 Å². The number of amides is 1. The van der Waals surface area contributed by atoms with Gasteiger partial charge in [-0.3, -0.25) is 14.9 Å². The number of non-ortho nitro benzene ring substituents is 1. The number of nitro benzene ring substituents is 1. The molecule has 25 heavy (non-hydrogen) atoms. The van der Waals surface area contributed by atoms with Gasteiger partial charge in [-0.05, 0) is 18.9 Å². The van der Waals surface area contributed by atoms with Crippen molar-refractivity contribution in [3.8, 4) is 5.75 Å². The van der Waals surface area contributed by atoms with E-state index < -0.39 is 14.8 Å². The minimum atomic E-state index is -3.10. The third-order valence-corrected chi connectivity index (χ3v) is 5.96. The lowest BCUT2D eigenvalue weighted by molar-refractivity contribution is -0.384. The lowest BCUT2D eigenvalue weighted by Gasteiger charge is -2.27.